The topological polar surface area (TPSA) is 21.3 Å². The monoisotopic (exact) mass is 193 g/mol. The molecule has 13 heavy (non-hydrogen) atoms. The van der Waals surface area contributed by atoms with Crippen molar-refractivity contribution in [3.63, 3.8) is 0 Å². The number of nitrogens with one attached hydrogen (secondary N) is 1. The maximum Gasteiger partial charge on any atom is 0.261 e. The Hall–Kier alpha value is -0.220. The average Bonchev–Trinajstić information content (AvgIpc) is 2.86. The minimum Gasteiger partial charge on any atom is -0.375 e. The van der Waals surface area contributed by atoms with Crippen molar-refractivity contribution in [2.24, 2.45) is 5.92 Å². The Balaban J connectivity index is 1.68. The molecule has 0 radical (unpaired) electrons. The van der Waals surface area contributed by atoms with Crippen LogP contribution in [0.2, 0.25) is 0 Å². The van der Waals surface area contributed by atoms with E-state index in [0.717, 1.165) is 25.4 Å². The maximum absolute atomic E-state index is 11.6. The third kappa shape index (κ3) is 6.90. The van der Waals surface area contributed by atoms with Crippen molar-refractivity contribution in [1.82, 2.24) is 5.32 Å². The first kappa shape index (κ1) is 10.9. The van der Waals surface area contributed by atoms with E-state index >= 15 is 0 Å². The predicted octanol–water partition coefficient (Wildman–Crippen LogP) is 1.66. The summed E-state index contributed by atoms with van der Waals surface area (Å²) in [5.74, 6) is 0.877. The fraction of sp³-hybridized carbons (Fsp3) is 1.00. The molecule has 1 rings (SSSR count). The van der Waals surface area contributed by atoms with E-state index in [2.05, 4.69) is 5.32 Å². The Morgan fingerprint density at radius 3 is 2.77 bits per heavy atom. The van der Waals surface area contributed by atoms with Crippen LogP contribution in [0.4, 0.5) is 8.78 Å². The Bertz CT molecular complexity index is 123. The Morgan fingerprint density at radius 1 is 1.38 bits per heavy atom. The molecule has 1 saturated carbocycles. The van der Waals surface area contributed by atoms with E-state index in [-0.39, 0.29) is 0 Å². The Labute approximate surface area is 77.6 Å². The molecule has 0 unspecified atom stereocenters. The summed E-state index contributed by atoms with van der Waals surface area (Å²) in [6, 6.07) is 0. The molecule has 0 heterocycles. The van der Waals surface area contributed by atoms with Crippen molar-refractivity contribution in [2.45, 2.75) is 25.7 Å². The van der Waals surface area contributed by atoms with Gasteiger partial charge in [0.25, 0.3) is 6.43 Å². The average molecular weight is 193 g/mol. The van der Waals surface area contributed by atoms with Crippen molar-refractivity contribution < 1.29 is 13.5 Å². The Kier molecular flexibility index (Phi) is 5.23. The van der Waals surface area contributed by atoms with Crippen LogP contribution < -0.4 is 5.32 Å². The lowest BCUT2D eigenvalue weighted by molar-refractivity contribution is 0.0168. The summed E-state index contributed by atoms with van der Waals surface area (Å²) < 4.78 is 27.9. The summed E-state index contributed by atoms with van der Waals surface area (Å²) in [5.41, 5.74) is 0. The number of hydrogen-bond acceptors (Lipinski definition) is 2. The van der Waals surface area contributed by atoms with Gasteiger partial charge in [-0.3, -0.25) is 0 Å². The largest absolute Gasteiger partial charge is 0.375 e. The molecule has 0 aromatic heterocycles. The van der Waals surface area contributed by atoms with E-state index in [4.69, 9.17) is 4.74 Å². The molecule has 0 saturated heterocycles. The van der Waals surface area contributed by atoms with Gasteiger partial charge in [-0.05, 0) is 38.3 Å². The van der Waals surface area contributed by atoms with Crippen molar-refractivity contribution >= 4 is 0 Å². The van der Waals surface area contributed by atoms with Crippen LogP contribution in [0.25, 0.3) is 0 Å². The van der Waals surface area contributed by atoms with Crippen LogP contribution in [0.3, 0.4) is 0 Å². The number of halogens is 2. The van der Waals surface area contributed by atoms with Gasteiger partial charge in [0.2, 0.25) is 0 Å². The molecule has 0 aromatic carbocycles. The van der Waals surface area contributed by atoms with E-state index in [0.29, 0.717) is 6.61 Å². The van der Waals surface area contributed by atoms with Gasteiger partial charge in [-0.1, -0.05) is 0 Å². The third-order valence-corrected chi connectivity index (χ3v) is 2.02. The van der Waals surface area contributed by atoms with Gasteiger partial charge in [0.05, 0.1) is 0 Å². The van der Waals surface area contributed by atoms with Crippen LogP contribution in [-0.2, 0) is 4.74 Å². The highest BCUT2D eigenvalue weighted by molar-refractivity contribution is 4.74. The van der Waals surface area contributed by atoms with E-state index in [1.165, 1.54) is 12.8 Å². The first-order valence-electron chi connectivity index (χ1n) is 4.85. The zero-order chi connectivity index (χ0) is 9.52. The van der Waals surface area contributed by atoms with Gasteiger partial charge in [0.1, 0.15) is 6.61 Å². The molecular weight excluding hydrogens is 176 g/mol. The van der Waals surface area contributed by atoms with Crippen molar-refractivity contribution in [3.05, 3.63) is 0 Å². The van der Waals surface area contributed by atoms with Crippen LogP contribution in [0.5, 0.6) is 0 Å². The second kappa shape index (κ2) is 6.27. The van der Waals surface area contributed by atoms with Gasteiger partial charge in [0, 0.05) is 6.61 Å². The molecule has 2 nitrogen and oxygen atoms in total. The van der Waals surface area contributed by atoms with Crippen molar-refractivity contribution in [1.29, 1.82) is 0 Å². The molecular formula is C9H17F2NO. The lowest BCUT2D eigenvalue weighted by Crippen LogP contribution is -2.19. The lowest BCUT2D eigenvalue weighted by Gasteiger charge is -2.04. The molecule has 78 valence electrons. The first-order chi connectivity index (χ1) is 6.29. The smallest absolute Gasteiger partial charge is 0.261 e. The standard InChI is InChI=1S/C9H17F2NO/c10-9(11)7-13-5-1-4-12-6-8-2-3-8/h8-9,12H,1-7H2. The zero-order valence-electron chi connectivity index (χ0n) is 7.77. The summed E-state index contributed by atoms with van der Waals surface area (Å²) in [7, 11) is 0. The fourth-order valence-electron chi connectivity index (χ4n) is 1.10. The SMILES string of the molecule is FC(F)COCCCNCC1CC1. The van der Waals surface area contributed by atoms with Crippen molar-refractivity contribution in [3.8, 4) is 0 Å². The van der Waals surface area contributed by atoms with Gasteiger partial charge in [-0.2, -0.15) is 0 Å². The normalized spacial score (nSPS) is 16.8. The van der Waals surface area contributed by atoms with Gasteiger partial charge < -0.3 is 10.1 Å². The molecule has 1 fully saturated rings. The van der Waals surface area contributed by atoms with Crippen LogP contribution >= 0.6 is 0 Å². The summed E-state index contributed by atoms with van der Waals surface area (Å²) in [5, 5.41) is 3.27. The fourth-order valence-corrected chi connectivity index (χ4v) is 1.10. The van der Waals surface area contributed by atoms with Crippen LogP contribution in [0.15, 0.2) is 0 Å². The molecule has 1 aliphatic rings. The lowest BCUT2D eigenvalue weighted by atomic mass is 10.4. The van der Waals surface area contributed by atoms with Gasteiger partial charge in [0.15, 0.2) is 0 Å². The number of rotatable bonds is 8. The van der Waals surface area contributed by atoms with Gasteiger partial charge in [-0.25, -0.2) is 8.78 Å². The molecule has 1 aliphatic carbocycles. The van der Waals surface area contributed by atoms with Crippen molar-refractivity contribution in [2.75, 3.05) is 26.3 Å². The van der Waals surface area contributed by atoms with E-state index in [1.807, 2.05) is 0 Å². The third-order valence-electron chi connectivity index (χ3n) is 2.02. The molecule has 0 aromatic rings. The van der Waals surface area contributed by atoms with Gasteiger partial charge >= 0.3 is 0 Å². The number of hydrogen-bond donors (Lipinski definition) is 1. The van der Waals surface area contributed by atoms with E-state index < -0.39 is 13.0 Å². The minimum absolute atomic E-state index is 0.428. The molecule has 1 N–H and O–H groups in total. The van der Waals surface area contributed by atoms with E-state index in [1.54, 1.807) is 0 Å². The summed E-state index contributed by atoms with van der Waals surface area (Å²) in [4.78, 5) is 0. The molecule has 0 aliphatic heterocycles. The molecule has 4 heteroatoms. The molecule has 0 atom stereocenters. The second-order valence-electron chi connectivity index (χ2n) is 3.47. The van der Waals surface area contributed by atoms with Gasteiger partial charge in [-0.15, -0.1) is 0 Å². The number of ether oxygens (including phenoxy) is 1. The van der Waals surface area contributed by atoms with Crippen LogP contribution in [0.1, 0.15) is 19.3 Å². The second-order valence-corrected chi connectivity index (χ2v) is 3.47. The van der Waals surface area contributed by atoms with Crippen LogP contribution in [-0.4, -0.2) is 32.7 Å². The quantitative estimate of drug-likeness (QED) is 0.592. The molecule has 0 bridgehead atoms. The zero-order valence-corrected chi connectivity index (χ0v) is 7.77. The maximum atomic E-state index is 11.6. The summed E-state index contributed by atoms with van der Waals surface area (Å²) in [6.45, 7) is 1.96. The number of alkyl halides is 2. The predicted molar refractivity (Wildman–Crippen MR) is 47.0 cm³/mol. The summed E-state index contributed by atoms with van der Waals surface area (Å²) >= 11 is 0. The first-order valence-corrected chi connectivity index (χ1v) is 4.85. The Morgan fingerprint density at radius 2 is 2.15 bits per heavy atom. The highest BCUT2D eigenvalue weighted by Crippen LogP contribution is 2.27. The van der Waals surface area contributed by atoms with E-state index in [9.17, 15) is 8.78 Å². The minimum atomic E-state index is -2.33. The molecule has 0 amide bonds. The highest BCUT2D eigenvalue weighted by atomic mass is 19.3. The highest BCUT2D eigenvalue weighted by Gasteiger charge is 2.19. The molecule has 0 spiro atoms. The van der Waals surface area contributed by atoms with Crippen LogP contribution in [0, 0.1) is 5.92 Å². The summed E-state index contributed by atoms with van der Waals surface area (Å²) in [6.07, 6.45) is 1.17.